The summed E-state index contributed by atoms with van der Waals surface area (Å²) in [4.78, 5) is 2.48. The van der Waals surface area contributed by atoms with E-state index >= 15 is 0 Å². The zero-order valence-corrected chi connectivity index (χ0v) is 12.9. The van der Waals surface area contributed by atoms with Gasteiger partial charge in [0.05, 0.1) is 0 Å². The molecule has 0 aliphatic carbocycles. The molecule has 2 nitrogen and oxygen atoms in total. The topological polar surface area (TPSA) is 29.3 Å². The number of hydrogen-bond acceptors (Lipinski definition) is 2. The smallest absolute Gasteiger partial charge is 0.123 e. The molecule has 2 unspecified atom stereocenters. The van der Waals surface area contributed by atoms with Crippen LogP contribution in [0.2, 0.25) is 0 Å². The molecule has 20 heavy (non-hydrogen) atoms. The van der Waals surface area contributed by atoms with Gasteiger partial charge < -0.3 is 5.73 Å². The number of halogens is 1. The van der Waals surface area contributed by atoms with Crippen molar-refractivity contribution in [2.24, 2.45) is 11.1 Å². The number of likely N-dealkylation sites (tertiary alicyclic amines) is 1. The molecule has 0 spiro atoms. The van der Waals surface area contributed by atoms with Gasteiger partial charge in [-0.25, -0.2) is 4.39 Å². The molecule has 2 N–H and O–H groups in total. The van der Waals surface area contributed by atoms with Gasteiger partial charge in [0.2, 0.25) is 0 Å². The van der Waals surface area contributed by atoms with Crippen molar-refractivity contribution in [1.82, 2.24) is 4.90 Å². The van der Waals surface area contributed by atoms with Crippen LogP contribution in [0.5, 0.6) is 0 Å². The summed E-state index contributed by atoms with van der Waals surface area (Å²) in [6, 6.07) is 7.05. The molecule has 1 fully saturated rings. The van der Waals surface area contributed by atoms with Gasteiger partial charge in [0.25, 0.3) is 0 Å². The van der Waals surface area contributed by atoms with E-state index in [-0.39, 0.29) is 17.9 Å². The number of nitrogens with two attached hydrogens (primary N) is 1. The van der Waals surface area contributed by atoms with Crippen molar-refractivity contribution in [3.63, 3.8) is 0 Å². The van der Waals surface area contributed by atoms with Crippen LogP contribution in [0.1, 0.15) is 51.6 Å². The molecule has 1 aliphatic heterocycles. The van der Waals surface area contributed by atoms with E-state index in [2.05, 4.69) is 18.7 Å². The second-order valence-corrected chi connectivity index (χ2v) is 6.91. The van der Waals surface area contributed by atoms with E-state index in [4.69, 9.17) is 5.73 Å². The summed E-state index contributed by atoms with van der Waals surface area (Å²) >= 11 is 0. The van der Waals surface area contributed by atoms with Crippen LogP contribution >= 0.6 is 0 Å². The lowest BCUT2D eigenvalue weighted by Gasteiger charge is -2.34. The van der Waals surface area contributed by atoms with Gasteiger partial charge in [-0.3, -0.25) is 4.90 Å². The summed E-state index contributed by atoms with van der Waals surface area (Å²) in [6.07, 6.45) is 3.66. The normalized spacial score (nSPS) is 23.1. The van der Waals surface area contributed by atoms with Crippen LogP contribution in [0, 0.1) is 11.2 Å². The lowest BCUT2D eigenvalue weighted by Crippen LogP contribution is -2.40. The van der Waals surface area contributed by atoms with Crippen molar-refractivity contribution in [3.8, 4) is 0 Å². The molecule has 1 aromatic rings. The highest BCUT2D eigenvalue weighted by Gasteiger charge is 2.29. The lowest BCUT2D eigenvalue weighted by molar-refractivity contribution is 0.175. The highest BCUT2D eigenvalue weighted by Crippen LogP contribution is 2.34. The molecule has 0 bridgehead atoms. The van der Waals surface area contributed by atoms with Gasteiger partial charge in [-0.15, -0.1) is 0 Å². The third-order valence-electron chi connectivity index (χ3n) is 4.48. The summed E-state index contributed by atoms with van der Waals surface area (Å²) in [5, 5.41) is 0. The van der Waals surface area contributed by atoms with Crippen LogP contribution in [0.25, 0.3) is 0 Å². The molecular formula is C17H27FN2. The Morgan fingerprint density at radius 2 is 1.80 bits per heavy atom. The number of rotatable bonds is 3. The van der Waals surface area contributed by atoms with Crippen molar-refractivity contribution in [3.05, 3.63) is 35.6 Å². The van der Waals surface area contributed by atoms with E-state index in [9.17, 15) is 4.39 Å². The van der Waals surface area contributed by atoms with E-state index in [1.54, 1.807) is 0 Å². The molecule has 0 radical (unpaired) electrons. The number of hydrogen-bond donors (Lipinski definition) is 1. The standard InChI is InChI=1S/C17H27FN2/c1-13(19)16(14-5-7-15(18)8-6-14)20-11-4-9-17(2,3)10-12-20/h5-8,13,16H,4,9-12,19H2,1-3H3. The molecule has 2 atom stereocenters. The Balaban J connectivity index is 2.18. The van der Waals surface area contributed by atoms with Gasteiger partial charge in [-0.2, -0.15) is 0 Å². The summed E-state index contributed by atoms with van der Waals surface area (Å²) in [7, 11) is 0. The molecule has 112 valence electrons. The Hall–Kier alpha value is -0.930. The molecule has 3 heteroatoms. The molecule has 2 rings (SSSR count). The molecule has 1 heterocycles. The second-order valence-electron chi connectivity index (χ2n) is 6.91. The fraction of sp³-hybridized carbons (Fsp3) is 0.647. The van der Waals surface area contributed by atoms with E-state index in [1.165, 1.54) is 31.4 Å². The monoisotopic (exact) mass is 278 g/mol. The first-order valence-corrected chi connectivity index (χ1v) is 7.64. The van der Waals surface area contributed by atoms with Crippen molar-refractivity contribution in [1.29, 1.82) is 0 Å². The summed E-state index contributed by atoms with van der Waals surface area (Å²) in [5.41, 5.74) is 7.76. The van der Waals surface area contributed by atoms with Crippen molar-refractivity contribution >= 4 is 0 Å². The SMILES string of the molecule is CC(N)C(c1ccc(F)cc1)N1CCCC(C)(C)CC1. The van der Waals surface area contributed by atoms with E-state index in [0.29, 0.717) is 5.41 Å². The molecule has 1 aromatic carbocycles. The van der Waals surface area contributed by atoms with Crippen molar-refractivity contribution < 1.29 is 4.39 Å². The van der Waals surface area contributed by atoms with E-state index in [0.717, 1.165) is 18.7 Å². The molecule has 1 aliphatic rings. The van der Waals surface area contributed by atoms with Crippen LogP contribution in [-0.2, 0) is 0 Å². The lowest BCUT2D eigenvalue weighted by atomic mass is 9.85. The van der Waals surface area contributed by atoms with Gasteiger partial charge in [-0.05, 0) is 62.4 Å². The van der Waals surface area contributed by atoms with Crippen LogP contribution in [-0.4, -0.2) is 24.0 Å². The minimum Gasteiger partial charge on any atom is -0.326 e. The predicted octanol–water partition coefficient (Wildman–Crippen LogP) is 3.73. The quantitative estimate of drug-likeness (QED) is 0.913. The zero-order valence-electron chi connectivity index (χ0n) is 12.9. The van der Waals surface area contributed by atoms with Crippen LogP contribution < -0.4 is 5.73 Å². The molecule has 0 amide bonds. The number of nitrogens with zero attached hydrogens (tertiary/aromatic N) is 1. The van der Waals surface area contributed by atoms with Gasteiger partial charge in [-0.1, -0.05) is 26.0 Å². The molecule has 1 saturated heterocycles. The second kappa shape index (κ2) is 6.23. The fourth-order valence-electron chi connectivity index (χ4n) is 3.23. The third kappa shape index (κ3) is 3.80. The van der Waals surface area contributed by atoms with Crippen LogP contribution in [0.4, 0.5) is 4.39 Å². The summed E-state index contributed by atoms with van der Waals surface area (Å²) in [5.74, 6) is -0.186. The van der Waals surface area contributed by atoms with Gasteiger partial charge in [0, 0.05) is 12.1 Å². The van der Waals surface area contributed by atoms with E-state index in [1.807, 2.05) is 19.1 Å². The van der Waals surface area contributed by atoms with Crippen molar-refractivity contribution in [2.75, 3.05) is 13.1 Å². The first-order chi connectivity index (χ1) is 9.39. The summed E-state index contributed by atoms with van der Waals surface area (Å²) in [6.45, 7) is 8.87. The van der Waals surface area contributed by atoms with Crippen LogP contribution in [0.3, 0.4) is 0 Å². The first kappa shape index (κ1) is 15.5. The zero-order chi connectivity index (χ0) is 14.8. The maximum atomic E-state index is 13.1. The fourth-order valence-corrected chi connectivity index (χ4v) is 3.23. The molecule has 0 saturated carbocycles. The average Bonchev–Trinajstić information content (AvgIpc) is 2.53. The first-order valence-electron chi connectivity index (χ1n) is 7.64. The average molecular weight is 278 g/mol. The van der Waals surface area contributed by atoms with Gasteiger partial charge in [0.15, 0.2) is 0 Å². The largest absolute Gasteiger partial charge is 0.326 e. The Labute approximate surface area is 122 Å². The maximum absolute atomic E-state index is 13.1. The van der Waals surface area contributed by atoms with Gasteiger partial charge >= 0.3 is 0 Å². The third-order valence-corrected chi connectivity index (χ3v) is 4.48. The number of benzene rings is 1. The Bertz CT molecular complexity index is 425. The maximum Gasteiger partial charge on any atom is 0.123 e. The predicted molar refractivity (Wildman–Crippen MR) is 82.0 cm³/mol. The van der Waals surface area contributed by atoms with E-state index < -0.39 is 0 Å². The molecular weight excluding hydrogens is 251 g/mol. The summed E-state index contributed by atoms with van der Waals surface area (Å²) < 4.78 is 13.1. The van der Waals surface area contributed by atoms with Crippen LogP contribution in [0.15, 0.2) is 24.3 Å². The highest BCUT2D eigenvalue weighted by molar-refractivity contribution is 5.21. The Kier molecular flexibility index (Phi) is 4.82. The Morgan fingerprint density at radius 1 is 1.15 bits per heavy atom. The highest BCUT2D eigenvalue weighted by atomic mass is 19.1. The van der Waals surface area contributed by atoms with Gasteiger partial charge in [0.1, 0.15) is 5.82 Å². The van der Waals surface area contributed by atoms with Crippen molar-refractivity contribution in [2.45, 2.75) is 52.1 Å². The minimum atomic E-state index is -0.186. The Morgan fingerprint density at radius 3 is 2.40 bits per heavy atom. The minimum absolute atomic E-state index is 0.0432. The molecule has 0 aromatic heterocycles.